The molecule has 18 heavy (non-hydrogen) atoms. The van der Waals surface area contributed by atoms with Crippen molar-refractivity contribution in [2.75, 3.05) is 19.7 Å². The van der Waals surface area contributed by atoms with E-state index >= 15 is 0 Å². The maximum atomic E-state index is 11.0. The van der Waals surface area contributed by atoms with Gasteiger partial charge in [0.25, 0.3) is 0 Å². The molecule has 0 atom stereocenters. The van der Waals surface area contributed by atoms with Gasteiger partial charge in [0, 0.05) is 19.2 Å². The number of rotatable bonds is 6. The fraction of sp³-hybridized carbons (Fsp3) is 0.786. The number of nitrogens with one attached hydrogen (secondary N) is 1. The predicted octanol–water partition coefficient (Wildman–Crippen LogP) is 1.64. The first-order valence-electron chi connectivity index (χ1n) is 6.82. The van der Waals surface area contributed by atoms with Crippen LogP contribution in [0.2, 0.25) is 0 Å². The highest BCUT2D eigenvalue weighted by Crippen LogP contribution is 2.31. The fourth-order valence-corrected chi connectivity index (χ4v) is 2.21. The summed E-state index contributed by atoms with van der Waals surface area (Å²) in [5.74, 6) is 0.415. The van der Waals surface area contributed by atoms with Crippen LogP contribution < -0.4 is 5.32 Å². The van der Waals surface area contributed by atoms with E-state index in [1.807, 2.05) is 0 Å². The molecule has 0 heterocycles. The second-order valence-electron chi connectivity index (χ2n) is 5.19. The molecule has 0 amide bonds. The van der Waals surface area contributed by atoms with Gasteiger partial charge in [-0.3, -0.25) is 0 Å². The van der Waals surface area contributed by atoms with E-state index in [-0.39, 0.29) is 5.97 Å². The summed E-state index contributed by atoms with van der Waals surface area (Å²) in [6.07, 6.45) is 7.06. The number of carbonyl (C=O) groups excluding carboxylic acids is 1. The molecule has 1 aliphatic rings. The minimum Gasteiger partial charge on any atom is -0.463 e. The van der Waals surface area contributed by atoms with E-state index in [1.54, 1.807) is 13.0 Å². The Labute approximate surface area is 109 Å². The van der Waals surface area contributed by atoms with Gasteiger partial charge in [0.15, 0.2) is 0 Å². The molecular weight excluding hydrogens is 230 g/mol. The van der Waals surface area contributed by atoms with Gasteiger partial charge in [-0.2, -0.15) is 0 Å². The van der Waals surface area contributed by atoms with Crippen LogP contribution in [-0.2, 0) is 9.53 Å². The van der Waals surface area contributed by atoms with Crippen molar-refractivity contribution in [3.05, 3.63) is 12.2 Å². The van der Waals surface area contributed by atoms with Crippen LogP contribution in [-0.4, -0.2) is 36.4 Å². The molecule has 0 aromatic rings. The van der Waals surface area contributed by atoms with E-state index in [4.69, 9.17) is 4.74 Å². The molecule has 0 unspecified atom stereocenters. The number of esters is 1. The molecule has 0 saturated heterocycles. The predicted molar refractivity (Wildman–Crippen MR) is 71.2 cm³/mol. The maximum Gasteiger partial charge on any atom is 0.330 e. The molecule has 0 aromatic carbocycles. The smallest absolute Gasteiger partial charge is 0.330 e. The van der Waals surface area contributed by atoms with Crippen molar-refractivity contribution in [3.63, 3.8) is 0 Å². The Balaban J connectivity index is 2.15. The molecule has 4 heteroatoms. The van der Waals surface area contributed by atoms with Crippen molar-refractivity contribution in [2.24, 2.45) is 5.92 Å². The Bertz CT molecular complexity index is 281. The van der Waals surface area contributed by atoms with Gasteiger partial charge in [0.2, 0.25) is 0 Å². The van der Waals surface area contributed by atoms with Gasteiger partial charge in [-0.25, -0.2) is 4.79 Å². The number of carbonyl (C=O) groups is 1. The molecular formula is C14H25NO3. The first kappa shape index (κ1) is 15.2. The van der Waals surface area contributed by atoms with E-state index < -0.39 is 5.60 Å². The Hall–Kier alpha value is -0.870. The number of aliphatic hydroxyl groups is 1. The highest BCUT2D eigenvalue weighted by atomic mass is 16.5. The van der Waals surface area contributed by atoms with Crippen LogP contribution in [0.5, 0.6) is 0 Å². The Kier molecular flexibility index (Phi) is 6.36. The van der Waals surface area contributed by atoms with E-state index in [0.29, 0.717) is 19.7 Å². The molecule has 104 valence electrons. The lowest BCUT2D eigenvalue weighted by Gasteiger charge is -2.35. The van der Waals surface area contributed by atoms with Gasteiger partial charge >= 0.3 is 5.97 Å². The van der Waals surface area contributed by atoms with Gasteiger partial charge in [-0.1, -0.05) is 13.0 Å². The molecule has 4 nitrogen and oxygen atoms in total. The lowest BCUT2D eigenvalue weighted by atomic mass is 9.79. The summed E-state index contributed by atoms with van der Waals surface area (Å²) >= 11 is 0. The van der Waals surface area contributed by atoms with Crippen molar-refractivity contribution in [2.45, 2.75) is 45.1 Å². The third kappa shape index (κ3) is 5.65. The van der Waals surface area contributed by atoms with Crippen LogP contribution in [0.1, 0.15) is 39.5 Å². The van der Waals surface area contributed by atoms with Gasteiger partial charge in [-0.15, -0.1) is 0 Å². The largest absolute Gasteiger partial charge is 0.463 e. The summed E-state index contributed by atoms with van der Waals surface area (Å²) in [7, 11) is 0. The number of hydrogen-bond acceptors (Lipinski definition) is 4. The molecule has 0 aliphatic heterocycles. The average molecular weight is 255 g/mol. The second-order valence-corrected chi connectivity index (χ2v) is 5.19. The fourth-order valence-electron chi connectivity index (χ4n) is 2.21. The minimum atomic E-state index is -0.565. The van der Waals surface area contributed by atoms with Gasteiger partial charge in [-0.05, 0) is 38.5 Å². The van der Waals surface area contributed by atoms with Crippen LogP contribution in [0, 0.1) is 5.92 Å². The SMILES string of the molecule is CCOC(=O)/C=C/CNCC1(O)CCC(C)CC1. The summed E-state index contributed by atoms with van der Waals surface area (Å²) < 4.78 is 4.77. The summed E-state index contributed by atoms with van der Waals surface area (Å²) in [4.78, 5) is 11.0. The quantitative estimate of drug-likeness (QED) is 0.430. The van der Waals surface area contributed by atoms with Gasteiger partial charge < -0.3 is 15.2 Å². The molecule has 1 aliphatic carbocycles. The topological polar surface area (TPSA) is 58.6 Å². The van der Waals surface area contributed by atoms with Crippen molar-refractivity contribution >= 4 is 5.97 Å². The molecule has 2 N–H and O–H groups in total. The summed E-state index contributed by atoms with van der Waals surface area (Å²) in [6, 6.07) is 0. The highest BCUT2D eigenvalue weighted by molar-refractivity contribution is 5.81. The van der Waals surface area contributed by atoms with E-state index in [0.717, 1.165) is 31.6 Å². The van der Waals surface area contributed by atoms with Crippen LogP contribution in [0.3, 0.4) is 0 Å². The summed E-state index contributed by atoms with van der Waals surface area (Å²) in [6.45, 7) is 5.58. The third-order valence-corrected chi connectivity index (χ3v) is 3.46. The zero-order chi connectivity index (χ0) is 13.4. The van der Waals surface area contributed by atoms with Crippen molar-refractivity contribution in [3.8, 4) is 0 Å². The molecule has 0 aromatic heterocycles. The Morgan fingerprint density at radius 3 is 2.78 bits per heavy atom. The second kappa shape index (κ2) is 7.54. The maximum absolute atomic E-state index is 11.0. The highest BCUT2D eigenvalue weighted by Gasteiger charge is 2.30. The molecule has 1 rings (SSSR count). The van der Waals surface area contributed by atoms with Gasteiger partial charge in [0.05, 0.1) is 12.2 Å². The molecule has 0 spiro atoms. The van der Waals surface area contributed by atoms with Crippen LogP contribution in [0.15, 0.2) is 12.2 Å². The Morgan fingerprint density at radius 2 is 2.17 bits per heavy atom. The van der Waals surface area contributed by atoms with Crippen LogP contribution in [0.25, 0.3) is 0 Å². The average Bonchev–Trinajstić information content (AvgIpc) is 2.33. The first-order valence-corrected chi connectivity index (χ1v) is 6.82. The van der Waals surface area contributed by atoms with Gasteiger partial charge in [0.1, 0.15) is 0 Å². The normalized spacial score (nSPS) is 28.5. The summed E-state index contributed by atoms with van der Waals surface area (Å²) in [5.41, 5.74) is -0.565. The zero-order valence-electron chi connectivity index (χ0n) is 11.4. The standard InChI is InChI=1S/C14H25NO3/c1-3-18-13(16)5-4-10-15-11-14(17)8-6-12(2)7-9-14/h4-5,12,15,17H,3,6-11H2,1-2H3/b5-4+. The lowest BCUT2D eigenvalue weighted by molar-refractivity contribution is -0.137. The van der Waals surface area contributed by atoms with Crippen LogP contribution >= 0.6 is 0 Å². The molecule has 1 saturated carbocycles. The number of hydrogen-bond donors (Lipinski definition) is 2. The number of ether oxygens (including phenoxy) is 1. The lowest BCUT2D eigenvalue weighted by Crippen LogP contribution is -2.43. The zero-order valence-corrected chi connectivity index (χ0v) is 11.4. The van der Waals surface area contributed by atoms with Crippen LogP contribution in [0.4, 0.5) is 0 Å². The van der Waals surface area contributed by atoms with E-state index in [9.17, 15) is 9.90 Å². The van der Waals surface area contributed by atoms with E-state index in [2.05, 4.69) is 12.2 Å². The van der Waals surface area contributed by atoms with Crippen molar-refractivity contribution in [1.29, 1.82) is 0 Å². The Morgan fingerprint density at radius 1 is 1.50 bits per heavy atom. The molecule has 0 radical (unpaired) electrons. The van der Waals surface area contributed by atoms with Crippen molar-refractivity contribution < 1.29 is 14.6 Å². The molecule has 1 fully saturated rings. The third-order valence-electron chi connectivity index (χ3n) is 3.46. The molecule has 0 bridgehead atoms. The monoisotopic (exact) mass is 255 g/mol. The minimum absolute atomic E-state index is 0.315. The first-order chi connectivity index (χ1) is 8.56. The van der Waals surface area contributed by atoms with E-state index in [1.165, 1.54) is 6.08 Å². The summed E-state index contributed by atoms with van der Waals surface area (Å²) in [5, 5.41) is 13.5. The van der Waals surface area contributed by atoms with Crippen molar-refractivity contribution in [1.82, 2.24) is 5.32 Å².